The Kier molecular flexibility index (Phi) is 2.98. The molecule has 2 heteroatoms. The second kappa shape index (κ2) is 4.17. The summed E-state index contributed by atoms with van der Waals surface area (Å²) in [6.07, 6.45) is 1.09. The minimum atomic E-state index is 0.170. The van der Waals surface area contributed by atoms with Gasteiger partial charge in [0.05, 0.1) is 0 Å². The fourth-order valence-corrected chi connectivity index (χ4v) is 2.73. The fourth-order valence-electron chi connectivity index (χ4n) is 2.73. The van der Waals surface area contributed by atoms with Crippen molar-refractivity contribution in [3.8, 4) is 0 Å². The average Bonchev–Trinajstić information content (AvgIpc) is 2.52. The Morgan fingerprint density at radius 2 is 1.88 bits per heavy atom. The van der Waals surface area contributed by atoms with Crippen LogP contribution in [-0.4, -0.2) is 23.4 Å². The van der Waals surface area contributed by atoms with E-state index in [4.69, 9.17) is 0 Å². The monoisotopic (exact) mass is 231 g/mol. The van der Waals surface area contributed by atoms with Gasteiger partial charge in [-0.3, -0.25) is 4.79 Å². The molecular weight excluding hydrogens is 210 g/mol. The fraction of sp³-hybridized carbons (Fsp3) is 0.533. The van der Waals surface area contributed by atoms with Gasteiger partial charge in [0.15, 0.2) is 0 Å². The van der Waals surface area contributed by atoms with E-state index in [0.717, 1.165) is 18.5 Å². The quantitative estimate of drug-likeness (QED) is 0.726. The van der Waals surface area contributed by atoms with Crippen LogP contribution in [0.5, 0.6) is 0 Å². The Morgan fingerprint density at radius 1 is 1.29 bits per heavy atom. The van der Waals surface area contributed by atoms with Crippen LogP contribution in [0, 0.1) is 12.3 Å². The summed E-state index contributed by atoms with van der Waals surface area (Å²) in [7, 11) is 0. The van der Waals surface area contributed by atoms with Gasteiger partial charge in [0.25, 0.3) is 5.91 Å². The third kappa shape index (κ3) is 2.51. The number of hydrogen-bond donors (Lipinski definition) is 0. The Morgan fingerprint density at radius 3 is 2.35 bits per heavy atom. The van der Waals surface area contributed by atoms with Crippen LogP contribution in [0.4, 0.5) is 0 Å². The molecule has 1 amide bonds. The minimum Gasteiger partial charge on any atom is -0.335 e. The highest BCUT2D eigenvalue weighted by molar-refractivity contribution is 5.94. The molecule has 1 unspecified atom stereocenters. The zero-order valence-corrected chi connectivity index (χ0v) is 11.2. The maximum absolute atomic E-state index is 12.4. The lowest BCUT2D eigenvalue weighted by Crippen LogP contribution is -2.34. The summed E-state index contributed by atoms with van der Waals surface area (Å²) in [5.74, 6) is 0.170. The standard InChI is InChI=1S/C15H21NO/c1-11-5-7-13(8-6-11)14(17)16-10-15(3,4)9-12(16)2/h5-8,12H,9-10H2,1-4H3. The lowest BCUT2D eigenvalue weighted by Gasteiger charge is -2.22. The minimum absolute atomic E-state index is 0.170. The summed E-state index contributed by atoms with van der Waals surface area (Å²) in [4.78, 5) is 14.4. The van der Waals surface area contributed by atoms with E-state index in [-0.39, 0.29) is 11.3 Å². The van der Waals surface area contributed by atoms with Crippen molar-refractivity contribution in [1.82, 2.24) is 4.90 Å². The number of carbonyl (C=O) groups is 1. The first-order valence-corrected chi connectivity index (χ1v) is 6.27. The molecule has 1 aliphatic heterocycles. The van der Waals surface area contributed by atoms with E-state index >= 15 is 0 Å². The number of amides is 1. The molecule has 1 aromatic rings. The molecule has 0 radical (unpaired) electrons. The molecule has 1 saturated heterocycles. The third-order valence-corrected chi connectivity index (χ3v) is 3.54. The topological polar surface area (TPSA) is 20.3 Å². The van der Waals surface area contributed by atoms with Gasteiger partial charge in [0.1, 0.15) is 0 Å². The highest BCUT2D eigenvalue weighted by atomic mass is 16.2. The molecule has 0 aromatic heterocycles. The predicted octanol–water partition coefficient (Wildman–Crippen LogP) is 3.26. The summed E-state index contributed by atoms with van der Waals surface area (Å²) in [5.41, 5.74) is 2.25. The zero-order valence-electron chi connectivity index (χ0n) is 11.2. The second-order valence-corrected chi connectivity index (χ2v) is 6.02. The van der Waals surface area contributed by atoms with Crippen molar-refractivity contribution >= 4 is 5.91 Å². The van der Waals surface area contributed by atoms with E-state index < -0.39 is 0 Å². The highest BCUT2D eigenvalue weighted by Crippen LogP contribution is 2.34. The van der Waals surface area contributed by atoms with Gasteiger partial charge in [-0.25, -0.2) is 0 Å². The summed E-state index contributed by atoms with van der Waals surface area (Å²) in [6, 6.07) is 8.20. The number of nitrogens with zero attached hydrogens (tertiary/aromatic N) is 1. The Hall–Kier alpha value is -1.31. The van der Waals surface area contributed by atoms with Gasteiger partial charge in [0.2, 0.25) is 0 Å². The molecule has 0 bridgehead atoms. The summed E-state index contributed by atoms with van der Waals surface area (Å²) >= 11 is 0. The third-order valence-electron chi connectivity index (χ3n) is 3.54. The van der Waals surface area contributed by atoms with Crippen molar-refractivity contribution < 1.29 is 4.79 Å². The molecule has 17 heavy (non-hydrogen) atoms. The van der Waals surface area contributed by atoms with E-state index in [1.54, 1.807) is 0 Å². The zero-order chi connectivity index (χ0) is 12.6. The number of rotatable bonds is 1. The molecular formula is C15H21NO. The number of aryl methyl sites for hydroxylation is 1. The van der Waals surface area contributed by atoms with Crippen LogP contribution in [0.3, 0.4) is 0 Å². The first-order valence-electron chi connectivity index (χ1n) is 6.27. The van der Waals surface area contributed by atoms with Crippen LogP contribution in [-0.2, 0) is 0 Å². The summed E-state index contributed by atoms with van der Waals surface area (Å²) in [5, 5.41) is 0. The van der Waals surface area contributed by atoms with E-state index in [1.807, 2.05) is 36.1 Å². The molecule has 1 fully saturated rings. The molecule has 2 nitrogen and oxygen atoms in total. The van der Waals surface area contributed by atoms with Gasteiger partial charge >= 0.3 is 0 Å². The molecule has 1 heterocycles. The van der Waals surface area contributed by atoms with Gasteiger partial charge in [-0.05, 0) is 37.8 Å². The molecule has 1 aliphatic rings. The van der Waals surface area contributed by atoms with E-state index in [0.29, 0.717) is 6.04 Å². The van der Waals surface area contributed by atoms with Crippen LogP contribution < -0.4 is 0 Å². The first kappa shape index (κ1) is 12.2. The van der Waals surface area contributed by atoms with E-state index in [1.165, 1.54) is 5.56 Å². The summed E-state index contributed by atoms with van der Waals surface area (Å²) in [6.45, 7) is 9.50. The lowest BCUT2D eigenvalue weighted by molar-refractivity contribution is 0.0736. The normalized spacial score (nSPS) is 22.8. The van der Waals surface area contributed by atoms with Crippen LogP contribution >= 0.6 is 0 Å². The molecule has 0 N–H and O–H groups in total. The van der Waals surface area contributed by atoms with Crippen molar-refractivity contribution in [2.24, 2.45) is 5.41 Å². The van der Waals surface area contributed by atoms with Crippen molar-refractivity contribution in [2.75, 3.05) is 6.54 Å². The highest BCUT2D eigenvalue weighted by Gasteiger charge is 2.37. The molecule has 92 valence electrons. The first-order chi connectivity index (χ1) is 7.89. The number of likely N-dealkylation sites (tertiary alicyclic amines) is 1. The Labute approximate surface area is 104 Å². The van der Waals surface area contributed by atoms with Gasteiger partial charge in [-0.15, -0.1) is 0 Å². The molecule has 0 spiro atoms. The van der Waals surface area contributed by atoms with Gasteiger partial charge in [-0.2, -0.15) is 0 Å². The number of benzene rings is 1. The predicted molar refractivity (Wildman–Crippen MR) is 70.1 cm³/mol. The van der Waals surface area contributed by atoms with Crippen molar-refractivity contribution in [1.29, 1.82) is 0 Å². The maximum atomic E-state index is 12.4. The smallest absolute Gasteiger partial charge is 0.254 e. The van der Waals surface area contributed by atoms with Crippen molar-refractivity contribution in [2.45, 2.75) is 40.2 Å². The second-order valence-electron chi connectivity index (χ2n) is 6.02. The van der Waals surface area contributed by atoms with Crippen LogP contribution in [0.25, 0.3) is 0 Å². The maximum Gasteiger partial charge on any atom is 0.254 e. The van der Waals surface area contributed by atoms with Gasteiger partial charge in [-0.1, -0.05) is 31.5 Å². The summed E-state index contributed by atoms with van der Waals surface area (Å²) < 4.78 is 0. The largest absolute Gasteiger partial charge is 0.335 e. The van der Waals surface area contributed by atoms with E-state index in [2.05, 4.69) is 20.8 Å². The molecule has 1 atom stereocenters. The number of hydrogen-bond acceptors (Lipinski definition) is 1. The Balaban J connectivity index is 2.18. The average molecular weight is 231 g/mol. The van der Waals surface area contributed by atoms with Crippen LogP contribution in [0.1, 0.15) is 43.1 Å². The van der Waals surface area contributed by atoms with Crippen molar-refractivity contribution in [3.05, 3.63) is 35.4 Å². The Bertz CT molecular complexity index is 419. The SMILES string of the molecule is Cc1ccc(C(=O)N2CC(C)(C)CC2C)cc1. The van der Waals surface area contributed by atoms with Crippen molar-refractivity contribution in [3.63, 3.8) is 0 Å². The molecule has 0 saturated carbocycles. The molecule has 0 aliphatic carbocycles. The molecule has 1 aromatic carbocycles. The van der Waals surface area contributed by atoms with Crippen LogP contribution in [0.15, 0.2) is 24.3 Å². The van der Waals surface area contributed by atoms with Crippen LogP contribution in [0.2, 0.25) is 0 Å². The lowest BCUT2D eigenvalue weighted by atomic mass is 9.91. The van der Waals surface area contributed by atoms with Gasteiger partial charge < -0.3 is 4.90 Å². The van der Waals surface area contributed by atoms with Gasteiger partial charge in [0, 0.05) is 18.2 Å². The number of carbonyl (C=O) groups excluding carboxylic acids is 1. The molecule has 2 rings (SSSR count). The van der Waals surface area contributed by atoms with E-state index in [9.17, 15) is 4.79 Å².